The smallest absolute Gasteiger partial charge is 0.305 e. The van der Waals surface area contributed by atoms with Gasteiger partial charge in [0.25, 0.3) is 0 Å². The molecule has 0 aliphatic heterocycles. The van der Waals surface area contributed by atoms with Gasteiger partial charge in [-0.1, -0.05) is 0 Å². The Hall–Kier alpha value is -1.63. The fourth-order valence-electron chi connectivity index (χ4n) is 1.92. The number of anilines is 1. The van der Waals surface area contributed by atoms with Gasteiger partial charge in [-0.05, 0) is 26.0 Å². The van der Waals surface area contributed by atoms with E-state index in [4.69, 9.17) is 5.11 Å². The highest BCUT2D eigenvalue weighted by atomic mass is 32.2. The normalized spacial score (nSPS) is 13.0. The number of carbonyl (C=O) groups is 1. The number of rotatable bonds is 6. The van der Waals surface area contributed by atoms with Crippen LogP contribution >= 0.6 is 0 Å². The molecule has 0 aliphatic carbocycles. The molecule has 106 valence electrons. The molecule has 1 aromatic heterocycles. The van der Waals surface area contributed by atoms with Crippen molar-refractivity contribution in [2.24, 2.45) is 0 Å². The fraction of sp³-hybridized carbons (Fsp3) is 0.500. The van der Waals surface area contributed by atoms with Crippen LogP contribution in [0.3, 0.4) is 0 Å². The molecule has 0 saturated carbocycles. The van der Waals surface area contributed by atoms with Crippen LogP contribution in [0.4, 0.5) is 5.82 Å². The lowest BCUT2D eigenvalue weighted by atomic mass is 10.2. The molecule has 1 rings (SSSR count). The summed E-state index contributed by atoms with van der Waals surface area (Å²) in [5, 5.41) is 8.84. The Bertz CT molecular complexity index is 557. The van der Waals surface area contributed by atoms with Gasteiger partial charge in [0.15, 0.2) is 9.84 Å². The molecule has 0 amide bonds. The van der Waals surface area contributed by atoms with Crippen molar-refractivity contribution < 1.29 is 18.3 Å². The Morgan fingerprint density at radius 2 is 2.16 bits per heavy atom. The molecule has 1 unspecified atom stereocenters. The van der Waals surface area contributed by atoms with E-state index in [-0.39, 0.29) is 17.4 Å². The molecule has 0 aliphatic rings. The van der Waals surface area contributed by atoms with E-state index in [0.29, 0.717) is 12.4 Å². The summed E-state index contributed by atoms with van der Waals surface area (Å²) in [4.78, 5) is 16.7. The van der Waals surface area contributed by atoms with Crippen LogP contribution in [-0.2, 0) is 14.6 Å². The summed E-state index contributed by atoms with van der Waals surface area (Å²) in [5.41, 5.74) is 0. The summed E-state index contributed by atoms with van der Waals surface area (Å²) < 4.78 is 23.5. The van der Waals surface area contributed by atoms with E-state index in [0.717, 1.165) is 6.26 Å². The average Bonchev–Trinajstić information content (AvgIpc) is 2.28. The standard InChI is InChI=1S/C12H18N2O4S/c1-4-14(9(2)8-11(15)16)12-10(19(3,17)18)6-5-7-13-12/h5-7,9H,4,8H2,1-3H3,(H,15,16). The molecule has 1 N–H and O–H groups in total. The molecule has 0 radical (unpaired) electrons. The minimum atomic E-state index is -3.40. The molecule has 1 aromatic rings. The van der Waals surface area contributed by atoms with Gasteiger partial charge < -0.3 is 10.0 Å². The Labute approximate surface area is 113 Å². The van der Waals surface area contributed by atoms with Crippen LogP contribution in [0.2, 0.25) is 0 Å². The number of hydrogen-bond donors (Lipinski definition) is 1. The lowest BCUT2D eigenvalue weighted by molar-refractivity contribution is -0.137. The molecule has 19 heavy (non-hydrogen) atoms. The van der Waals surface area contributed by atoms with Crippen LogP contribution in [0.25, 0.3) is 0 Å². The highest BCUT2D eigenvalue weighted by molar-refractivity contribution is 7.90. The SMILES string of the molecule is CCN(c1ncccc1S(C)(=O)=O)C(C)CC(=O)O. The predicted octanol–water partition coefficient (Wildman–Crippen LogP) is 1.17. The first-order chi connectivity index (χ1) is 8.77. The summed E-state index contributed by atoms with van der Waals surface area (Å²) in [6.07, 6.45) is 2.54. The van der Waals surface area contributed by atoms with Crippen molar-refractivity contribution in [3.8, 4) is 0 Å². The van der Waals surface area contributed by atoms with Crippen molar-refractivity contribution in [3.63, 3.8) is 0 Å². The molecule has 0 saturated heterocycles. The number of nitrogens with zero attached hydrogens (tertiary/aromatic N) is 2. The van der Waals surface area contributed by atoms with E-state index < -0.39 is 15.8 Å². The Kier molecular flexibility index (Phi) is 4.88. The molecule has 1 atom stereocenters. The summed E-state index contributed by atoms with van der Waals surface area (Å²) in [7, 11) is -3.40. The Balaban J connectivity index is 3.23. The fourth-order valence-corrected chi connectivity index (χ4v) is 2.75. The van der Waals surface area contributed by atoms with E-state index >= 15 is 0 Å². The van der Waals surface area contributed by atoms with Crippen LogP contribution in [0, 0.1) is 0 Å². The molecule has 0 bridgehead atoms. The monoisotopic (exact) mass is 286 g/mol. The molecule has 1 heterocycles. The number of hydrogen-bond acceptors (Lipinski definition) is 5. The quantitative estimate of drug-likeness (QED) is 0.844. The van der Waals surface area contributed by atoms with Crippen molar-refractivity contribution >= 4 is 21.6 Å². The lowest BCUT2D eigenvalue weighted by Crippen LogP contribution is -2.36. The van der Waals surface area contributed by atoms with Crippen LogP contribution in [-0.4, -0.2) is 43.3 Å². The van der Waals surface area contributed by atoms with E-state index in [1.807, 2.05) is 6.92 Å². The minimum Gasteiger partial charge on any atom is -0.481 e. The second-order valence-electron chi connectivity index (χ2n) is 4.33. The second kappa shape index (κ2) is 6.01. The summed E-state index contributed by atoms with van der Waals surface area (Å²) >= 11 is 0. The zero-order valence-corrected chi connectivity index (χ0v) is 12.0. The maximum atomic E-state index is 11.7. The average molecular weight is 286 g/mol. The maximum Gasteiger partial charge on any atom is 0.305 e. The van der Waals surface area contributed by atoms with Crippen LogP contribution in [0.15, 0.2) is 23.2 Å². The third kappa shape index (κ3) is 3.92. The minimum absolute atomic E-state index is 0.0758. The van der Waals surface area contributed by atoms with Crippen LogP contribution < -0.4 is 4.90 Å². The van der Waals surface area contributed by atoms with Crippen molar-refractivity contribution in [1.82, 2.24) is 4.98 Å². The molecular formula is C12H18N2O4S. The van der Waals surface area contributed by atoms with Crippen molar-refractivity contribution in [1.29, 1.82) is 0 Å². The van der Waals surface area contributed by atoms with Crippen molar-refractivity contribution in [3.05, 3.63) is 18.3 Å². The van der Waals surface area contributed by atoms with Gasteiger partial charge in [0.1, 0.15) is 10.7 Å². The number of carboxylic acids is 1. The second-order valence-corrected chi connectivity index (χ2v) is 6.31. The first-order valence-corrected chi connectivity index (χ1v) is 7.80. The third-order valence-corrected chi connectivity index (χ3v) is 3.88. The first-order valence-electron chi connectivity index (χ1n) is 5.90. The molecule has 0 spiro atoms. The molecule has 7 heteroatoms. The lowest BCUT2D eigenvalue weighted by Gasteiger charge is -2.29. The largest absolute Gasteiger partial charge is 0.481 e. The van der Waals surface area contributed by atoms with Gasteiger partial charge in [0.05, 0.1) is 6.42 Å². The number of carboxylic acid groups (broad SMARTS) is 1. The van der Waals surface area contributed by atoms with Gasteiger partial charge in [0, 0.05) is 25.0 Å². The Morgan fingerprint density at radius 1 is 1.53 bits per heavy atom. The highest BCUT2D eigenvalue weighted by Gasteiger charge is 2.23. The van der Waals surface area contributed by atoms with Crippen LogP contribution in [0.1, 0.15) is 20.3 Å². The zero-order chi connectivity index (χ0) is 14.6. The van der Waals surface area contributed by atoms with E-state index in [9.17, 15) is 13.2 Å². The number of pyridine rings is 1. The van der Waals surface area contributed by atoms with Gasteiger partial charge in [-0.25, -0.2) is 13.4 Å². The van der Waals surface area contributed by atoms with E-state index in [2.05, 4.69) is 4.98 Å². The van der Waals surface area contributed by atoms with E-state index in [1.165, 1.54) is 12.3 Å². The molecule has 0 aromatic carbocycles. The first kappa shape index (κ1) is 15.4. The van der Waals surface area contributed by atoms with Gasteiger partial charge >= 0.3 is 5.97 Å². The topological polar surface area (TPSA) is 87.6 Å². The summed E-state index contributed by atoms with van der Waals surface area (Å²) in [6, 6.07) is 2.70. The van der Waals surface area contributed by atoms with Gasteiger partial charge in [0.2, 0.25) is 0 Å². The van der Waals surface area contributed by atoms with Crippen molar-refractivity contribution in [2.75, 3.05) is 17.7 Å². The highest BCUT2D eigenvalue weighted by Crippen LogP contribution is 2.24. The summed E-state index contributed by atoms with van der Waals surface area (Å²) in [6.45, 7) is 4.05. The zero-order valence-electron chi connectivity index (χ0n) is 11.2. The molecule has 6 nitrogen and oxygen atoms in total. The Morgan fingerprint density at radius 3 is 2.63 bits per heavy atom. The van der Waals surface area contributed by atoms with E-state index in [1.54, 1.807) is 17.9 Å². The third-order valence-electron chi connectivity index (χ3n) is 2.77. The summed E-state index contributed by atoms with van der Waals surface area (Å²) in [5.74, 6) is -0.621. The number of sulfone groups is 1. The van der Waals surface area contributed by atoms with Gasteiger partial charge in [-0.15, -0.1) is 0 Å². The van der Waals surface area contributed by atoms with Crippen molar-refractivity contribution in [2.45, 2.75) is 31.2 Å². The molecule has 0 fully saturated rings. The molecular weight excluding hydrogens is 268 g/mol. The van der Waals surface area contributed by atoms with Gasteiger partial charge in [-0.2, -0.15) is 0 Å². The van der Waals surface area contributed by atoms with Crippen LogP contribution in [0.5, 0.6) is 0 Å². The number of aliphatic carboxylic acids is 1. The number of aromatic nitrogens is 1. The predicted molar refractivity (Wildman–Crippen MR) is 72.1 cm³/mol. The maximum absolute atomic E-state index is 11.7. The van der Waals surface area contributed by atoms with Gasteiger partial charge in [-0.3, -0.25) is 4.79 Å².